The zero-order chi connectivity index (χ0) is 90.8. The number of para-hydroxylation sites is 3. The van der Waals surface area contributed by atoms with Crippen LogP contribution < -0.4 is 88.0 Å². The monoisotopic (exact) mass is 1740 g/mol. The van der Waals surface area contributed by atoms with Crippen LogP contribution >= 0.6 is 11.6 Å². The van der Waals surface area contributed by atoms with Crippen molar-refractivity contribution in [3.05, 3.63) is 329 Å². The van der Waals surface area contributed by atoms with Crippen LogP contribution in [0, 0.1) is 25.2 Å². The lowest BCUT2D eigenvalue weighted by atomic mass is 10.1. The second-order valence-electron chi connectivity index (χ2n) is 28.7. The Morgan fingerprint density at radius 3 is 1.19 bits per heavy atom. The highest BCUT2D eigenvalue weighted by Gasteiger charge is 2.29. The van der Waals surface area contributed by atoms with Crippen LogP contribution in [0.15, 0.2) is 233 Å². The summed E-state index contributed by atoms with van der Waals surface area (Å²) < 4.78 is 4.69. The molecule has 20 N–H and O–H groups in total. The van der Waals surface area contributed by atoms with E-state index < -0.39 is 41.8 Å². The number of hydrogen-bond donors (Lipinski definition) is 16. The van der Waals surface area contributed by atoms with Gasteiger partial charge in [-0.05, 0) is 153 Å². The van der Waals surface area contributed by atoms with Crippen LogP contribution in [0.1, 0.15) is 151 Å². The Morgan fingerprint density at radius 2 is 0.805 bits per heavy atom. The topological polar surface area (TPSA) is 560 Å². The number of carbonyl (C=O) groups excluding carboxylic acids is 4. The third kappa shape index (κ3) is 19.8. The molecule has 0 unspecified atom stereocenters. The Bertz CT molecular complexity index is 6870. The minimum Gasteiger partial charge on any atom is -0.383 e. The summed E-state index contributed by atoms with van der Waals surface area (Å²) in [7, 11) is 0. The fraction of sp³-hybridized carbons (Fsp3) is 0.156. The first-order valence-corrected chi connectivity index (χ1v) is 40.4. The number of aryl methyl sites for hydroxylation is 2. The largest absolute Gasteiger partial charge is 0.383 e. The van der Waals surface area contributed by atoms with Gasteiger partial charge in [0.25, 0.3) is 40.3 Å². The van der Waals surface area contributed by atoms with Gasteiger partial charge in [-0.2, -0.15) is 5.26 Å². The highest BCUT2D eigenvalue weighted by Crippen LogP contribution is 2.35. The molecule has 0 spiro atoms. The van der Waals surface area contributed by atoms with Crippen LogP contribution in [-0.4, -0.2) is 103 Å². The number of halogens is 1. The van der Waals surface area contributed by atoms with Crippen LogP contribution in [0.4, 0.5) is 52.0 Å². The molecule has 0 fully saturated rings. The van der Waals surface area contributed by atoms with Gasteiger partial charge in [0.1, 0.15) is 80.9 Å². The average Bonchev–Trinajstić information content (AvgIpc) is 0.761. The van der Waals surface area contributed by atoms with Crippen molar-refractivity contribution in [1.29, 1.82) is 5.26 Å². The summed E-state index contributed by atoms with van der Waals surface area (Å²) in [6.07, 6.45) is 4.21. The molecule has 37 nitrogen and oxygen atoms in total. The van der Waals surface area contributed by atoms with Crippen molar-refractivity contribution in [3.8, 4) is 23.1 Å². The first kappa shape index (κ1) is 89.1. The van der Waals surface area contributed by atoms with Gasteiger partial charge in [-0.1, -0.05) is 129 Å². The Morgan fingerprint density at radius 1 is 0.430 bits per heavy atom. The predicted molar refractivity (Wildman–Crippen MR) is 486 cm³/mol. The number of nitrogens with zero attached hydrogens (tertiary/aromatic N) is 14. The van der Waals surface area contributed by atoms with Gasteiger partial charge in [-0.15, -0.1) is 0 Å². The smallest absolute Gasteiger partial charge is 0.276 e. The minimum absolute atomic E-state index is 0.0417. The standard InChI is InChI=1S/C31H31N9O4.C31H29N9O3.C28H26ClN9O3/c1-3-21(37-28-25(27(33)41)26(32)35-17(2)36-28)29-38-23-11-7-10-22(24(23)31(43)40(29)20-8-5-4-6-9-20)34-16-18-12-14-19(15-13-18)30(42)39-44;1-3-23(37-28-22(16-32)27(33)35-18(2)36-28)29-38-25-11-7-10-24(26(25)31(42)40(29)21-8-5-4-6-9-21)34-17-19-12-14-20(15-13-19)30(41)39-43;1-2-19(35-25-23(29)24(30)33-15-34-25)26-36-21-10-6-9-20(22(21)28(40)38(26)18-7-4-3-5-8-18)32-14-17-12-11-16(13-31-17)27(39)37-41/h4-15,21,34,44H,3,16H2,1-2H3,(H2,33,41)(H,39,42)(H3,32,35,36,37);4-15,23,34,43H,3,17H2,1-2H3,(H,39,41)(H3,33,35,36,37);3-13,15,19,32,41H,2,14H2,1H3,(H,37,39)(H3,30,33,34,35)/t21-;23-;19-/m000/s1. The summed E-state index contributed by atoms with van der Waals surface area (Å²) in [5.74, 6) is 0.357. The van der Waals surface area contributed by atoms with E-state index in [9.17, 15) is 38.8 Å². The number of anilines is 9. The van der Waals surface area contributed by atoms with E-state index in [1.165, 1.54) is 12.5 Å². The van der Waals surface area contributed by atoms with Gasteiger partial charge < -0.3 is 54.8 Å². The number of nitrogens with one attached hydrogen (secondary N) is 9. The van der Waals surface area contributed by atoms with E-state index >= 15 is 0 Å². The molecule has 3 atom stereocenters. The molecule has 0 saturated heterocycles. The second kappa shape index (κ2) is 40.5. The SMILES string of the molecule is CC[C@H](Nc1nc(C)nc(N)c1C#N)c1nc2cccc(NCc3ccc(C(=O)NO)cc3)c2c(=O)n1-c1ccccc1.CC[C@H](Nc1nc(C)nc(N)c1C(N)=O)c1nc2cccc(NCc3ccc(C(=O)NO)cc3)c2c(=O)n1-c1ccccc1.CC[C@H](Nc1ncnc(N)c1Cl)c1nc2cccc(NCc3ccc(C(=O)NO)cn3)c2c(=O)n1-c1ccccc1. The molecule has 648 valence electrons. The normalized spacial score (nSPS) is 11.6. The van der Waals surface area contributed by atoms with E-state index in [4.69, 9.17) is 65.1 Å². The number of aromatic nitrogens is 13. The summed E-state index contributed by atoms with van der Waals surface area (Å²) in [6, 6.07) is 60.9. The molecule has 8 aromatic carbocycles. The maximum absolute atomic E-state index is 14.4. The molecule has 0 bridgehead atoms. The highest BCUT2D eigenvalue weighted by molar-refractivity contribution is 6.35. The third-order valence-electron chi connectivity index (χ3n) is 20.4. The van der Waals surface area contributed by atoms with Gasteiger partial charge in [0, 0.05) is 47.5 Å². The van der Waals surface area contributed by atoms with Gasteiger partial charge in [-0.25, -0.2) is 61.3 Å². The number of benzene rings is 8. The van der Waals surface area contributed by atoms with Gasteiger partial charge in [0.05, 0.1) is 85.7 Å². The van der Waals surface area contributed by atoms with Crippen LogP contribution in [0.3, 0.4) is 0 Å². The predicted octanol–water partition coefficient (Wildman–Crippen LogP) is 11.8. The average molecular weight is 1740 g/mol. The van der Waals surface area contributed by atoms with Crippen molar-refractivity contribution < 1.29 is 34.8 Å². The van der Waals surface area contributed by atoms with Crippen LogP contribution in [0.5, 0.6) is 0 Å². The fourth-order valence-corrected chi connectivity index (χ4v) is 14.3. The maximum Gasteiger partial charge on any atom is 0.276 e. The molecule has 0 saturated carbocycles. The molecule has 4 amide bonds. The van der Waals surface area contributed by atoms with Gasteiger partial charge in [0.2, 0.25) is 0 Å². The highest BCUT2D eigenvalue weighted by atomic mass is 35.5. The van der Waals surface area contributed by atoms with Crippen LogP contribution in [0.2, 0.25) is 5.02 Å². The van der Waals surface area contributed by atoms with Crippen molar-refractivity contribution >= 4 is 120 Å². The zero-order valence-electron chi connectivity index (χ0n) is 69.4. The van der Waals surface area contributed by atoms with Gasteiger partial charge in [0.15, 0.2) is 11.6 Å². The maximum atomic E-state index is 14.4. The van der Waals surface area contributed by atoms with Gasteiger partial charge in [-0.3, -0.25) is 67.9 Å². The summed E-state index contributed by atoms with van der Waals surface area (Å²) >= 11 is 6.36. The number of carbonyl (C=O) groups is 4. The van der Waals surface area contributed by atoms with E-state index in [1.807, 2.05) is 130 Å². The summed E-state index contributed by atoms with van der Waals surface area (Å²) in [5.41, 5.74) is 35.8. The Hall–Kier alpha value is -16.7. The molecular formula is C90H86ClN27O10. The van der Waals surface area contributed by atoms with Crippen molar-refractivity contribution in [2.24, 2.45) is 5.73 Å². The molecule has 7 aromatic heterocycles. The van der Waals surface area contributed by atoms with E-state index in [0.29, 0.717) is 151 Å². The lowest BCUT2D eigenvalue weighted by Crippen LogP contribution is -2.29. The van der Waals surface area contributed by atoms with Crippen LogP contribution in [0.25, 0.3) is 49.8 Å². The van der Waals surface area contributed by atoms with E-state index in [0.717, 1.165) is 11.1 Å². The van der Waals surface area contributed by atoms with Crippen molar-refractivity contribution in [3.63, 3.8) is 0 Å². The number of fused-ring (bicyclic) bond motifs is 3. The van der Waals surface area contributed by atoms with E-state index in [-0.39, 0.29) is 74.0 Å². The molecule has 0 radical (unpaired) electrons. The lowest BCUT2D eigenvalue weighted by molar-refractivity contribution is 0.0701. The zero-order valence-corrected chi connectivity index (χ0v) is 70.2. The number of nitrogens with two attached hydrogens (primary N) is 4. The van der Waals surface area contributed by atoms with E-state index in [1.54, 1.807) is 141 Å². The molecule has 15 rings (SSSR count). The number of primary amides is 1. The molecule has 38 heteroatoms. The number of nitriles is 1. The van der Waals surface area contributed by atoms with E-state index in [2.05, 4.69) is 72.9 Å². The molecule has 0 aliphatic carbocycles. The molecule has 0 aliphatic rings. The van der Waals surface area contributed by atoms with Crippen molar-refractivity contribution in [2.45, 2.75) is 91.6 Å². The first-order valence-electron chi connectivity index (χ1n) is 40.0. The number of hydroxylamine groups is 3. The number of nitrogen functional groups attached to an aromatic ring is 3. The molecule has 15 aromatic rings. The summed E-state index contributed by atoms with van der Waals surface area (Å²) in [4.78, 5) is 134. The quantitative estimate of drug-likeness (QED) is 0.0160. The second-order valence-corrected chi connectivity index (χ2v) is 29.1. The Kier molecular flexibility index (Phi) is 28.2. The third-order valence-corrected chi connectivity index (χ3v) is 20.8. The van der Waals surface area contributed by atoms with Crippen molar-refractivity contribution in [1.82, 2.24) is 80.0 Å². The summed E-state index contributed by atoms with van der Waals surface area (Å²) in [6.45, 7) is 10.2. The van der Waals surface area contributed by atoms with Gasteiger partial charge >= 0.3 is 0 Å². The molecule has 7 heterocycles. The fourth-order valence-electron chi connectivity index (χ4n) is 14.1. The minimum atomic E-state index is -0.784. The number of amides is 4. The number of rotatable bonds is 28. The van der Waals surface area contributed by atoms with Crippen LogP contribution in [-0.2, 0) is 19.6 Å². The first-order chi connectivity index (χ1) is 62.0. The molecule has 0 aliphatic heterocycles. The molecular weight excluding hydrogens is 1650 g/mol. The number of hydrogen-bond acceptors (Lipinski definition) is 30. The van der Waals surface area contributed by atoms with Crippen molar-refractivity contribution in [2.75, 3.05) is 49.1 Å². The summed E-state index contributed by atoms with van der Waals surface area (Å²) in [5, 5.41) is 57.3. The Labute approximate surface area is 734 Å². The molecule has 128 heavy (non-hydrogen) atoms. The number of pyridine rings is 1. The Balaban J connectivity index is 0.000000164. The lowest BCUT2D eigenvalue weighted by Gasteiger charge is -2.23.